The molecular weight excluding hydrogens is 335 g/mol. The van der Waals surface area contributed by atoms with Gasteiger partial charge in [-0.1, -0.05) is 4.85 Å². The van der Waals surface area contributed by atoms with E-state index in [9.17, 15) is 18.0 Å². The van der Waals surface area contributed by atoms with Crippen LogP contribution in [0.5, 0.6) is 0 Å². The fraction of sp³-hybridized carbons (Fsp3) is 0.462. The van der Waals surface area contributed by atoms with E-state index in [4.69, 9.17) is 9.57 Å². The highest BCUT2D eigenvalue weighted by Gasteiger charge is 2.31. The van der Waals surface area contributed by atoms with Gasteiger partial charge in [0.15, 0.2) is 0 Å². The second-order valence-electron chi connectivity index (χ2n) is 5.65. The van der Waals surface area contributed by atoms with Crippen LogP contribution in [0.4, 0.5) is 18.0 Å². The Morgan fingerprint density at radius 2 is 2.00 bits per heavy atom. The molecule has 2 aromatic rings. The van der Waals surface area contributed by atoms with E-state index in [1.54, 1.807) is 0 Å². The molecule has 128 valence electrons. The van der Waals surface area contributed by atoms with Gasteiger partial charge in [0.05, 0.1) is 5.56 Å². The van der Waals surface area contributed by atoms with Crippen LogP contribution in [0, 0.1) is 0 Å². The van der Waals surface area contributed by atoms with Crippen LogP contribution in [-0.2, 0) is 10.9 Å². The molecule has 0 aliphatic carbocycles. The Labute approximate surface area is 131 Å². The average molecular weight is 351 g/mol. The quantitative estimate of drug-likeness (QED) is 0.626. The molecule has 0 amide bonds. The third-order valence-corrected chi connectivity index (χ3v) is 4.21. The SMILES string of the molecule is CS(C)(C)CCOC(=O)On1nnc2ccc(C(F)(F)F)cc21. The van der Waals surface area contributed by atoms with Gasteiger partial charge in [0.1, 0.15) is 17.6 Å². The lowest BCUT2D eigenvalue weighted by Crippen LogP contribution is -2.23. The molecule has 0 aliphatic rings. The minimum absolute atomic E-state index is 0.0711. The third kappa shape index (κ3) is 4.75. The zero-order valence-corrected chi connectivity index (χ0v) is 13.6. The summed E-state index contributed by atoms with van der Waals surface area (Å²) in [6.45, 7) is 0.165. The lowest BCUT2D eigenvalue weighted by Gasteiger charge is -2.24. The van der Waals surface area contributed by atoms with Gasteiger partial charge >= 0.3 is 12.3 Å². The van der Waals surface area contributed by atoms with Crippen molar-refractivity contribution in [1.29, 1.82) is 0 Å². The average Bonchev–Trinajstić information content (AvgIpc) is 2.78. The van der Waals surface area contributed by atoms with Crippen LogP contribution in [0.3, 0.4) is 0 Å². The summed E-state index contributed by atoms with van der Waals surface area (Å²) < 4.78 is 43.0. The largest absolute Gasteiger partial charge is 0.535 e. The lowest BCUT2D eigenvalue weighted by atomic mass is 10.2. The summed E-state index contributed by atoms with van der Waals surface area (Å²) in [5.74, 6) is 0.693. The van der Waals surface area contributed by atoms with E-state index >= 15 is 0 Å². The second-order valence-corrected chi connectivity index (χ2v) is 10.2. The molecule has 10 heteroatoms. The smallest absolute Gasteiger partial charge is 0.432 e. The molecule has 23 heavy (non-hydrogen) atoms. The van der Waals surface area contributed by atoms with Gasteiger partial charge in [-0.3, -0.25) is 4.84 Å². The van der Waals surface area contributed by atoms with Crippen molar-refractivity contribution in [3.8, 4) is 0 Å². The number of alkyl halides is 3. The lowest BCUT2D eigenvalue weighted by molar-refractivity contribution is -0.137. The molecule has 0 bridgehead atoms. The molecule has 1 aromatic carbocycles. The first-order valence-corrected chi connectivity index (χ1v) is 9.53. The first kappa shape index (κ1) is 17.4. The minimum atomic E-state index is -4.51. The summed E-state index contributed by atoms with van der Waals surface area (Å²) >= 11 is 0. The predicted molar refractivity (Wildman–Crippen MR) is 80.7 cm³/mol. The molecule has 0 unspecified atom stereocenters. The van der Waals surface area contributed by atoms with Gasteiger partial charge in [-0.15, -0.1) is 5.10 Å². The molecule has 1 heterocycles. The summed E-state index contributed by atoms with van der Waals surface area (Å²) in [7, 11) is -0.831. The standard InChI is InChI=1S/C13H16F3N3O3S/c1-23(2,3)7-6-21-12(20)22-19-11-8-9(13(14,15)16)4-5-10(11)17-18-19/h4-5,8H,6-7H2,1-3H3. The van der Waals surface area contributed by atoms with Crippen molar-refractivity contribution in [3.05, 3.63) is 23.8 Å². The molecule has 1 aromatic heterocycles. The second kappa shape index (κ2) is 6.26. The summed E-state index contributed by atoms with van der Waals surface area (Å²) in [5.41, 5.74) is -0.787. The molecule has 0 atom stereocenters. The molecule has 0 spiro atoms. The Kier molecular flexibility index (Phi) is 4.73. The third-order valence-electron chi connectivity index (χ3n) is 2.82. The van der Waals surface area contributed by atoms with E-state index in [1.165, 1.54) is 0 Å². The number of benzene rings is 1. The van der Waals surface area contributed by atoms with Crippen molar-refractivity contribution in [3.63, 3.8) is 0 Å². The monoisotopic (exact) mass is 351 g/mol. The van der Waals surface area contributed by atoms with Crippen LogP contribution < -0.4 is 4.84 Å². The maximum Gasteiger partial charge on any atom is 0.535 e. The maximum atomic E-state index is 12.7. The van der Waals surface area contributed by atoms with Gasteiger partial charge in [-0.05, 0) is 42.2 Å². The van der Waals surface area contributed by atoms with Crippen molar-refractivity contribution in [1.82, 2.24) is 15.2 Å². The Morgan fingerprint density at radius 3 is 2.61 bits per heavy atom. The summed E-state index contributed by atoms with van der Waals surface area (Å²) in [5, 5.41) is 7.13. The summed E-state index contributed by atoms with van der Waals surface area (Å²) in [4.78, 5) is 17.0. The number of nitrogens with zero attached hydrogens (tertiary/aromatic N) is 3. The number of halogens is 3. The van der Waals surface area contributed by atoms with Gasteiger partial charge in [0, 0.05) is 5.75 Å². The number of aromatic nitrogens is 3. The fourth-order valence-corrected chi connectivity index (χ4v) is 2.20. The number of hydrogen-bond donors (Lipinski definition) is 0. The molecule has 0 radical (unpaired) electrons. The Hall–Kier alpha value is -1.97. The van der Waals surface area contributed by atoms with Gasteiger partial charge in [-0.25, -0.2) is 14.8 Å². The Morgan fingerprint density at radius 1 is 1.30 bits per heavy atom. The number of hydrogen-bond acceptors (Lipinski definition) is 5. The number of carbonyl (C=O) groups excluding carboxylic acids is 1. The van der Waals surface area contributed by atoms with Crippen LogP contribution in [0.25, 0.3) is 11.0 Å². The van der Waals surface area contributed by atoms with Crippen molar-refractivity contribution in [2.75, 3.05) is 31.1 Å². The van der Waals surface area contributed by atoms with Crippen molar-refractivity contribution < 1.29 is 27.5 Å². The Balaban J connectivity index is 2.09. The van der Waals surface area contributed by atoms with Crippen LogP contribution in [0.2, 0.25) is 0 Å². The molecule has 0 aliphatic heterocycles. The van der Waals surface area contributed by atoms with Crippen LogP contribution >= 0.6 is 10.0 Å². The maximum absolute atomic E-state index is 12.7. The molecule has 2 rings (SSSR count). The highest BCUT2D eigenvalue weighted by Crippen LogP contribution is 2.33. The van der Waals surface area contributed by atoms with Crippen molar-refractivity contribution >= 4 is 27.2 Å². The minimum Gasteiger partial charge on any atom is -0.432 e. The molecule has 6 nitrogen and oxygen atoms in total. The highest BCUT2D eigenvalue weighted by molar-refractivity contribution is 8.32. The molecule has 0 fully saturated rings. The Bertz CT molecular complexity index is 710. The molecule has 0 N–H and O–H groups in total. The predicted octanol–water partition coefficient (Wildman–Crippen LogP) is 2.71. The van der Waals surface area contributed by atoms with Crippen molar-refractivity contribution in [2.24, 2.45) is 0 Å². The number of rotatable bonds is 4. The van der Waals surface area contributed by atoms with E-state index < -0.39 is 27.9 Å². The number of ether oxygens (including phenoxy) is 1. The van der Waals surface area contributed by atoms with Gasteiger partial charge < -0.3 is 4.74 Å². The fourth-order valence-electron chi connectivity index (χ4n) is 1.61. The zero-order valence-electron chi connectivity index (χ0n) is 12.8. The van der Waals surface area contributed by atoms with Gasteiger partial charge in [-0.2, -0.15) is 13.2 Å². The molecule has 0 saturated carbocycles. The molecular formula is C13H16F3N3O3S. The van der Waals surface area contributed by atoms with Crippen LogP contribution in [-0.4, -0.2) is 52.4 Å². The van der Waals surface area contributed by atoms with E-state index in [0.717, 1.165) is 18.2 Å². The van der Waals surface area contributed by atoms with E-state index in [2.05, 4.69) is 29.1 Å². The van der Waals surface area contributed by atoms with E-state index in [0.29, 0.717) is 10.6 Å². The zero-order chi connectivity index (χ0) is 17.3. The summed E-state index contributed by atoms with van der Waals surface area (Å²) in [6.07, 6.45) is 0.624. The topological polar surface area (TPSA) is 66.2 Å². The first-order chi connectivity index (χ1) is 10.6. The first-order valence-electron chi connectivity index (χ1n) is 6.50. The number of fused-ring (bicyclic) bond motifs is 1. The highest BCUT2D eigenvalue weighted by atomic mass is 32.3. The van der Waals surface area contributed by atoms with Crippen molar-refractivity contribution in [2.45, 2.75) is 6.18 Å². The van der Waals surface area contributed by atoms with Crippen LogP contribution in [0.1, 0.15) is 5.56 Å². The van der Waals surface area contributed by atoms with Gasteiger partial charge in [0.2, 0.25) is 0 Å². The normalized spacial score (nSPS) is 13.1. The number of carbonyl (C=O) groups is 1. The van der Waals surface area contributed by atoms with E-state index in [-0.39, 0.29) is 17.6 Å². The van der Waals surface area contributed by atoms with Crippen LogP contribution in [0.15, 0.2) is 18.2 Å². The van der Waals surface area contributed by atoms with E-state index in [1.807, 2.05) is 0 Å². The molecule has 0 saturated heterocycles. The van der Waals surface area contributed by atoms with Gasteiger partial charge in [0.25, 0.3) is 0 Å². The summed E-state index contributed by atoms with van der Waals surface area (Å²) in [6, 6.07) is 2.84.